The van der Waals surface area contributed by atoms with Gasteiger partial charge < -0.3 is 5.11 Å². The molecule has 0 spiro atoms. The van der Waals surface area contributed by atoms with Crippen LogP contribution in [0.4, 0.5) is 0 Å². The molecule has 1 fully saturated rings. The summed E-state index contributed by atoms with van der Waals surface area (Å²) in [5, 5.41) is 8.19. The quantitative estimate of drug-likeness (QED) is 0.550. The third-order valence-corrected chi connectivity index (χ3v) is 4.20. The van der Waals surface area contributed by atoms with E-state index in [9.17, 15) is 13.2 Å². The largest absolute Gasteiger partial charge is 0.481 e. The predicted octanol–water partition coefficient (Wildman–Crippen LogP) is 4.12. The fraction of sp³-hybridized carbons (Fsp3) is 0.722. The molecule has 0 aromatic heterocycles. The summed E-state index contributed by atoms with van der Waals surface area (Å²) in [7, 11) is -3.01. The molecule has 1 rings (SSSR count). The minimum absolute atomic E-state index is 0.175. The Labute approximate surface area is 148 Å². The van der Waals surface area contributed by atoms with Crippen LogP contribution in [0, 0.1) is 5.92 Å². The fourth-order valence-corrected chi connectivity index (χ4v) is 3.20. The lowest BCUT2D eigenvalue weighted by molar-refractivity contribution is -0.137. The van der Waals surface area contributed by atoms with Gasteiger partial charge in [-0.05, 0) is 45.4 Å². The van der Waals surface area contributed by atoms with Gasteiger partial charge in [-0.3, -0.25) is 4.79 Å². The first kappa shape index (κ1) is 25.1. The summed E-state index contributed by atoms with van der Waals surface area (Å²) in [6.07, 6.45) is 13.3. The molecule has 142 valence electrons. The van der Waals surface area contributed by atoms with Crippen LogP contribution in [0.2, 0.25) is 0 Å². The molecule has 0 radical (unpaired) electrons. The predicted molar refractivity (Wildman–Crippen MR) is 102 cm³/mol. The number of carboxylic acid groups (broad SMARTS) is 1. The van der Waals surface area contributed by atoms with E-state index in [2.05, 4.69) is 18.2 Å². The molecule has 1 unspecified atom stereocenters. The number of hydrogen-bond donors (Lipinski definition) is 2. The van der Waals surface area contributed by atoms with Crippen LogP contribution < -0.4 is 4.72 Å². The highest BCUT2D eigenvalue weighted by Crippen LogP contribution is 2.23. The summed E-state index contributed by atoms with van der Waals surface area (Å²) in [6, 6.07) is 0.175. The van der Waals surface area contributed by atoms with Gasteiger partial charge in [0.15, 0.2) is 0 Å². The van der Waals surface area contributed by atoms with Gasteiger partial charge >= 0.3 is 5.97 Å². The van der Waals surface area contributed by atoms with Crippen molar-refractivity contribution in [2.75, 3.05) is 6.26 Å². The zero-order valence-corrected chi connectivity index (χ0v) is 16.4. The van der Waals surface area contributed by atoms with Gasteiger partial charge in [-0.2, -0.15) is 0 Å². The molecule has 1 aliphatic carbocycles. The van der Waals surface area contributed by atoms with Gasteiger partial charge in [0.2, 0.25) is 10.0 Å². The van der Waals surface area contributed by atoms with Crippen molar-refractivity contribution < 1.29 is 18.3 Å². The van der Waals surface area contributed by atoms with Crippen molar-refractivity contribution >= 4 is 16.0 Å². The van der Waals surface area contributed by atoms with Gasteiger partial charge in [-0.15, -0.1) is 6.58 Å². The zero-order valence-electron chi connectivity index (χ0n) is 15.6. The maximum absolute atomic E-state index is 10.9. The maximum atomic E-state index is 10.9. The number of nitrogens with one attached hydrogen (secondary N) is 1. The summed E-state index contributed by atoms with van der Waals surface area (Å²) in [5.41, 5.74) is 0. The molecule has 0 amide bonds. The molecule has 1 aliphatic rings. The summed E-state index contributed by atoms with van der Waals surface area (Å²) < 4.78 is 24.5. The first-order valence-corrected chi connectivity index (χ1v) is 10.4. The molecule has 0 aromatic rings. The lowest BCUT2D eigenvalue weighted by atomic mass is 9.87. The van der Waals surface area contributed by atoms with Crippen LogP contribution in [-0.2, 0) is 14.8 Å². The minimum Gasteiger partial charge on any atom is -0.481 e. The zero-order chi connectivity index (χ0) is 19.0. The molecule has 24 heavy (non-hydrogen) atoms. The number of allylic oxidation sites excluding steroid dienone is 3. The minimum atomic E-state index is -3.01. The highest BCUT2D eigenvalue weighted by Gasteiger charge is 2.23. The second-order valence-corrected chi connectivity index (χ2v) is 7.80. The maximum Gasteiger partial charge on any atom is 0.303 e. The topological polar surface area (TPSA) is 83.5 Å². The van der Waals surface area contributed by atoms with E-state index in [1.807, 2.05) is 26.0 Å². The second-order valence-electron chi connectivity index (χ2n) is 6.02. The van der Waals surface area contributed by atoms with Crippen molar-refractivity contribution in [2.24, 2.45) is 5.92 Å². The van der Waals surface area contributed by atoms with Crippen LogP contribution in [0.1, 0.15) is 65.7 Å². The Bertz CT molecular complexity index is 458. The number of aliphatic carboxylic acids is 1. The Hall–Kier alpha value is -1.14. The number of unbranched alkanes of at least 4 members (excludes halogenated alkanes) is 1. The van der Waals surface area contributed by atoms with Gasteiger partial charge in [0, 0.05) is 12.5 Å². The Kier molecular flexibility index (Phi) is 16.1. The molecule has 0 heterocycles. The van der Waals surface area contributed by atoms with Crippen molar-refractivity contribution in [1.29, 1.82) is 0 Å². The van der Waals surface area contributed by atoms with Crippen LogP contribution in [-0.4, -0.2) is 31.8 Å². The first-order valence-electron chi connectivity index (χ1n) is 8.55. The lowest BCUT2D eigenvalue weighted by Crippen LogP contribution is -2.40. The van der Waals surface area contributed by atoms with E-state index in [1.54, 1.807) is 6.08 Å². The van der Waals surface area contributed by atoms with Gasteiger partial charge in [0.1, 0.15) is 0 Å². The number of sulfonamides is 1. The number of hydrogen-bond acceptors (Lipinski definition) is 3. The number of carboxylic acids is 1. The van der Waals surface area contributed by atoms with Crippen molar-refractivity contribution in [3.05, 3.63) is 24.8 Å². The fourth-order valence-electron chi connectivity index (χ4n) is 2.30. The molecular weight excluding hydrogens is 326 g/mol. The Morgan fingerprint density at radius 3 is 2.25 bits per heavy atom. The Morgan fingerprint density at radius 1 is 1.29 bits per heavy atom. The molecule has 5 nitrogen and oxygen atoms in total. The molecule has 0 saturated heterocycles. The van der Waals surface area contributed by atoms with E-state index in [4.69, 9.17) is 5.11 Å². The van der Waals surface area contributed by atoms with Crippen molar-refractivity contribution in [1.82, 2.24) is 4.72 Å². The van der Waals surface area contributed by atoms with Crippen LogP contribution in [0.25, 0.3) is 0 Å². The normalized spacial score (nSPS) is 20.3. The molecule has 2 N–H and O–H groups in total. The molecule has 0 bridgehead atoms. The van der Waals surface area contributed by atoms with Crippen LogP contribution in [0.3, 0.4) is 0 Å². The molecular formula is C18H35NO4S. The average molecular weight is 362 g/mol. The SMILES string of the molecule is C/C=C\CCCC(=O)O.C=CC.C[C@@H]1CCCCC1NS(C)(=O)=O. The van der Waals surface area contributed by atoms with Crippen molar-refractivity contribution in [2.45, 2.75) is 71.8 Å². The molecule has 0 aliphatic heterocycles. The molecule has 1 saturated carbocycles. The average Bonchev–Trinajstić information content (AvgIpc) is 2.46. The van der Waals surface area contributed by atoms with Gasteiger partial charge in [-0.25, -0.2) is 13.1 Å². The summed E-state index contributed by atoms with van der Waals surface area (Å²) in [5.74, 6) is -0.215. The van der Waals surface area contributed by atoms with E-state index in [-0.39, 0.29) is 12.5 Å². The first-order chi connectivity index (χ1) is 11.2. The summed E-state index contributed by atoms with van der Waals surface area (Å²) in [4.78, 5) is 9.94. The Morgan fingerprint density at radius 2 is 1.83 bits per heavy atom. The third-order valence-electron chi connectivity index (χ3n) is 3.47. The molecule has 0 aromatic carbocycles. The lowest BCUT2D eigenvalue weighted by Gasteiger charge is -2.28. The van der Waals surface area contributed by atoms with Gasteiger partial charge in [-0.1, -0.05) is 38.0 Å². The summed E-state index contributed by atoms with van der Waals surface area (Å²) in [6.45, 7) is 9.29. The van der Waals surface area contributed by atoms with E-state index in [0.717, 1.165) is 32.1 Å². The highest BCUT2D eigenvalue weighted by molar-refractivity contribution is 7.88. The van der Waals surface area contributed by atoms with Crippen molar-refractivity contribution in [3.63, 3.8) is 0 Å². The van der Waals surface area contributed by atoms with Gasteiger partial charge in [0.25, 0.3) is 0 Å². The van der Waals surface area contributed by atoms with Crippen molar-refractivity contribution in [3.8, 4) is 0 Å². The molecule has 2 atom stereocenters. The highest BCUT2D eigenvalue weighted by atomic mass is 32.2. The summed E-state index contributed by atoms with van der Waals surface area (Å²) >= 11 is 0. The van der Waals surface area contributed by atoms with E-state index >= 15 is 0 Å². The van der Waals surface area contributed by atoms with Crippen LogP contribution >= 0.6 is 0 Å². The standard InChI is InChI=1S/C8H17NO2S.C7H12O2.C3H6/c1-7-5-3-4-6-8(7)9-12(2,10)11;1-2-3-4-5-6-7(8)9;1-3-2/h7-9H,3-6H2,1-2H3;2-3H,4-6H2,1H3,(H,8,9);3H,1H2,2H3/b;3-2-;/t7-,8?;;/m1../s1. The Balaban J connectivity index is 0. The van der Waals surface area contributed by atoms with E-state index in [1.165, 1.54) is 12.7 Å². The number of rotatable bonds is 6. The smallest absolute Gasteiger partial charge is 0.303 e. The molecule has 6 heteroatoms. The number of carbonyl (C=O) groups is 1. The van der Waals surface area contributed by atoms with Crippen LogP contribution in [0.5, 0.6) is 0 Å². The third kappa shape index (κ3) is 18.9. The van der Waals surface area contributed by atoms with E-state index < -0.39 is 16.0 Å². The van der Waals surface area contributed by atoms with E-state index in [0.29, 0.717) is 5.92 Å². The van der Waals surface area contributed by atoms with Crippen LogP contribution in [0.15, 0.2) is 24.8 Å². The second kappa shape index (κ2) is 15.4. The monoisotopic (exact) mass is 361 g/mol. The van der Waals surface area contributed by atoms with Gasteiger partial charge in [0.05, 0.1) is 6.26 Å².